The summed E-state index contributed by atoms with van der Waals surface area (Å²) in [6.45, 7) is 2.97. The third-order valence-corrected chi connectivity index (χ3v) is 4.08. The van der Waals surface area contributed by atoms with Gasteiger partial charge in [-0.25, -0.2) is 0 Å². The number of nitrogens with zero attached hydrogens (tertiary/aromatic N) is 1. The van der Waals surface area contributed by atoms with E-state index in [1.807, 2.05) is 0 Å². The second-order valence-corrected chi connectivity index (χ2v) is 5.86. The van der Waals surface area contributed by atoms with E-state index in [9.17, 15) is 9.59 Å². The van der Waals surface area contributed by atoms with Crippen molar-refractivity contribution in [2.24, 2.45) is 5.41 Å². The standard InChI is InChI=1S/C16H24N4O3/c1-23-12-16(5-8-17-9-6-16)11-20-14(21)10-19-15(22)13-4-2-3-7-18-13/h2-4,7,17H,5-6,8-12H2,1H3,(H,19,22)(H,20,21). The van der Waals surface area contributed by atoms with E-state index in [0.29, 0.717) is 18.8 Å². The Hall–Kier alpha value is -1.99. The van der Waals surface area contributed by atoms with Gasteiger partial charge in [0, 0.05) is 25.3 Å². The third kappa shape index (κ3) is 5.30. The zero-order valence-electron chi connectivity index (χ0n) is 13.4. The lowest BCUT2D eigenvalue weighted by Crippen LogP contribution is -2.48. The van der Waals surface area contributed by atoms with Crippen LogP contribution in [0.15, 0.2) is 24.4 Å². The van der Waals surface area contributed by atoms with Crippen LogP contribution in [0.5, 0.6) is 0 Å². The molecule has 1 aromatic rings. The molecular formula is C16H24N4O3. The van der Waals surface area contributed by atoms with Crippen LogP contribution in [-0.2, 0) is 9.53 Å². The van der Waals surface area contributed by atoms with Crippen LogP contribution in [0.25, 0.3) is 0 Å². The van der Waals surface area contributed by atoms with Gasteiger partial charge in [0.2, 0.25) is 5.91 Å². The first kappa shape index (κ1) is 17.4. The number of carbonyl (C=O) groups is 2. The van der Waals surface area contributed by atoms with Crippen LogP contribution < -0.4 is 16.0 Å². The molecule has 1 aromatic heterocycles. The lowest BCUT2D eigenvalue weighted by Gasteiger charge is -2.37. The van der Waals surface area contributed by atoms with Crippen LogP contribution in [0.3, 0.4) is 0 Å². The molecule has 23 heavy (non-hydrogen) atoms. The molecule has 2 rings (SSSR count). The van der Waals surface area contributed by atoms with Gasteiger partial charge in [0.15, 0.2) is 0 Å². The van der Waals surface area contributed by atoms with Crippen molar-refractivity contribution in [2.75, 3.05) is 39.9 Å². The Kier molecular flexibility index (Phi) is 6.49. The molecule has 0 spiro atoms. The summed E-state index contributed by atoms with van der Waals surface area (Å²) >= 11 is 0. The molecule has 0 radical (unpaired) electrons. The molecule has 0 aliphatic carbocycles. The number of carbonyl (C=O) groups excluding carboxylic acids is 2. The van der Waals surface area contributed by atoms with Crippen LogP contribution >= 0.6 is 0 Å². The predicted molar refractivity (Wildman–Crippen MR) is 86.0 cm³/mol. The summed E-state index contributed by atoms with van der Waals surface area (Å²) in [6, 6.07) is 5.07. The number of nitrogens with one attached hydrogen (secondary N) is 3. The summed E-state index contributed by atoms with van der Waals surface area (Å²) < 4.78 is 5.32. The van der Waals surface area contributed by atoms with Crippen molar-refractivity contribution < 1.29 is 14.3 Å². The number of piperidine rings is 1. The molecule has 1 saturated heterocycles. The fourth-order valence-corrected chi connectivity index (χ4v) is 2.73. The van der Waals surface area contributed by atoms with E-state index in [-0.39, 0.29) is 23.8 Å². The molecule has 0 unspecified atom stereocenters. The highest BCUT2D eigenvalue weighted by molar-refractivity contribution is 5.94. The Balaban J connectivity index is 1.76. The first-order chi connectivity index (χ1) is 11.2. The first-order valence-electron chi connectivity index (χ1n) is 7.81. The summed E-state index contributed by atoms with van der Waals surface area (Å²) in [5.74, 6) is -0.558. The zero-order chi connectivity index (χ0) is 16.5. The second-order valence-electron chi connectivity index (χ2n) is 5.86. The predicted octanol–water partition coefficient (Wildman–Crippen LogP) is -0.0562. The van der Waals surface area contributed by atoms with Crippen LogP contribution in [0.1, 0.15) is 23.3 Å². The Morgan fingerprint density at radius 2 is 2.09 bits per heavy atom. The van der Waals surface area contributed by atoms with Gasteiger partial charge in [-0.15, -0.1) is 0 Å². The summed E-state index contributed by atoms with van der Waals surface area (Å²) in [6.07, 6.45) is 3.46. The van der Waals surface area contributed by atoms with Gasteiger partial charge < -0.3 is 20.7 Å². The van der Waals surface area contributed by atoms with Gasteiger partial charge >= 0.3 is 0 Å². The maximum absolute atomic E-state index is 12.0. The van der Waals surface area contributed by atoms with Gasteiger partial charge in [0.05, 0.1) is 13.2 Å². The summed E-state index contributed by atoms with van der Waals surface area (Å²) in [4.78, 5) is 27.7. The average Bonchev–Trinajstić information content (AvgIpc) is 2.60. The van der Waals surface area contributed by atoms with E-state index < -0.39 is 0 Å². The number of amides is 2. The lowest BCUT2D eigenvalue weighted by molar-refractivity contribution is -0.121. The second kappa shape index (κ2) is 8.59. The van der Waals surface area contributed by atoms with E-state index >= 15 is 0 Å². The van der Waals surface area contributed by atoms with Crippen LogP contribution in [0, 0.1) is 5.41 Å². The fourth-order valence-electron chi connectivity index (χ4n) is 2.73. The van der Waals surface area contributed by atoms with E-state index in [1.54, 1.807) is 31.5 Å². The SMILES string of the molecule is COCC1(CNC(=O)CNC(=O)c2ccccn2)CCNCC1. The van der Waals surface area contributed by atoms with E-state index in [4.69, 9.17) is 4.74 Å². The number of hydrogen-bond donors (Lipinski definition) is 3. The van der Waals surface area contributed by atoms with Crippen molar-refractivity contribution in [3.05, 3.63) is 30.1 Å². The topological polar surface area (TPSA) is 92.4 Å². The van der Waals surface area contributed by atoms with Crippen molar-refractivity contribution in [1.29, 1.82) is 0 Å². The average molecular weight is 320 g/mol. The van der Waals surface area contributed by atoms with Crippen molar-refractivity contribution >= 4 is 11.8 Å². The Labute approximate surface area is 136 Å². The van der Waals surface area contributed by atoms with Crippen LogP contribution in [0.4, 0.5) is 0 Å². The Bertz CT molecular complexity index is 510. The number of methoxy groups -OCH3 is 1. The highest BCUT2D eigenvalue weighted by atomic mass is 16.5. The van der Waals surface area contributed by atoms with Crippen LogP contribution in [-0.4, -0.2) is 56.7 Å². The van der Waals surface area contributed by atoms with Crippen molar-refractivity contribution in [3.63, 3.8) is 0 Å². The molecule has 3 N–H and O–H groups in total. The number of pyridine rings is 1. The highest BCUT2D eigenvalue weighted by Crippen LogP contribution is 2.28. The summed E-state index contributed by atoms with van der Waals surface area (Å²) in [5, 5.41) is 8.79. The molecule has 0 bridgehead atoms. The molecule has 7 heteroatoms. The summed E-state index contributed by atoms with van der Waals surface area (Å²) in [7, 11) is 1.68. The monoisotopic (exact) mass is 320 g/mol. The van der Waals surface area contributed by atoms with Gasteiger partial charge in [-0.3, -0.25) is 14.6 Å². The van der Waals surface area contributed by atoms with Crippen molar-refractivity contribution in [3.8, 4) is 0 Å². The van der Waals surface area contributed by atoms with E-state index in [0.717, 1.165) is 25.9 Å². The maximum Gasteiger partial charge on any atom is 0.270 e. The first-order valence-corrected chi connectivity index (χ1v) is 7.81. The smallest absolute Gasteiger partial charge is 0.270 e. The molecule has 7 nitrogen and oxygen atoms in total. The molecule has 0 saturated carbocycles. The van der Waals surface area contributed by atoms with Gasteiger partial charge in [0.1, 0.15) is 5.69 Å². The van der Waals surface area contributed by atoms with Gasteiger partial charge in [-0.2, -0.15) is 0 Å². The molecular weight excluding hydrogens is 296 g/mol. The molecule has 1 aliphatic heterocycles. The van der Waals surface area contributed by atoms with Crippen molar-refractivity contribution in [1.82, 2.24) is 20.9 Å². The zero-order valence-corrected chi connectivity index (χ0v) is 13.4. The quantitative estimate of drug-likeness (QED) is 0.655. The molecule has 126 valence electrons. The fraction of sp³-hybridized carbons (Fsp3) is 0.562. The number of hydrogen-bond acceptors (Lipinski definition) is 5. The normalized spacial score (nSPS) is 16.6. The lowest BCUT2D eigenvalue weighted by atomic mass is 9.79. The molecule has 2 amide bonds. The minimum absolute atomic E-state index is 0.0271. The maximum atomic E-state index is 12.0. The van der Waals surface area contributed by atoms with E-state index in [1.165, 1.54) is 0 Å². The Morgan fingerprint density at radius 1 is 1.30 bits per heavy atom. The molecule has 2 heterocycles. The molecule has 0 aromatic carbocycles. The highest BCUT2D eigenvalue weighted by Gasteiger charge is 2.32. The number of aromatic nitrogens is 1. The minimum Gasteiger partial charge on any atom is -0.384 e. The van der Waals surface area contributed by atoms with Gasteiger partial charge in [0.25, 0.3) is 5.91 Å². The molecule has 0 atom stereocenters. The molecule has 1 fully saturated rings. The third-order valence-electron chi connectivity index (χ3n) is 4.08. The minimum atomic E-state index is -0.353. The number of rotatable bonds is 7. The van der Waals surface area contributed by atoms with E-state index in [2.05, 4.69) is 20.9 Å². The van der Waals surface area contributed by atoms with Crippen LogP contribution in [0.2, 0.25) is 0 Å². The summed E-state index contributed by atoms with van der Waals surface area (Å²) in [5.41, 5.74) is 0.273. The molecule has 1 aliphatic rings. The van der Waals surface area contributed by atoms with Gasteiger partial charge in [-0.05, 0) is 38.1 Å². The van der Waals surface area contributed by atoms with Gasteiger partial charge in [-0.1, -0.05) is 6.07 Å². The Morgan fingerprint density at radius 3 is 2.74 bits per heavy atom. The largest absolute Gasteiger partial charge is 0.384 e. The van der Waals surface area contributed by atoms with Crippen molar-refractivity contribution in [2.45, 2.75) is 12.8 Å². The number of ether oxygens (including phenoxy) is 1.